The zero-order valence-corrected chi connectivity index (χ0v) is 10.7. The number of benzene rings is 1. The van der Waals surface area contributed by atoms with Crippen LogP contribution in [0.5, 0.6) is 5.75 Å². The molecule has 1 atom stereocenters. The van der Waals surface area contributed by atoms with Crippen molar-refractivity contribution in [1.82, 2.24) is 4.90 Å². The van der Waals surface area contributed by atoms with Crippen LogP contribution in [0, 0.1) is 0 Å². The van der Waals surface area contributed by atoms with E-state index in [2.05, 4.69) is 0 Å². The topological polar surface area (TPSA) is 38.8 Å². The third-order valence-electron chi connectivity index (χ3n) is 2.99. The first kappa shape index (κ1) is 12.9. The highest BCUT2D eigenvalue weighted by molar-refractivity contribution is 5.76. The van der Waals surface area contributed by atoms with Gasteiger partial charge in [-0.25, -0.2) is 0 Å². The van der Waals surface area contributed by atoms with Gasteiger partial charge in [0, 0.05) is 6.54 Å². The van der Waals surface area contributed by atoms with Crippen LogP contribution in [0.2, 0.25) is 0 Å². The van der Waals surface area contributed by atoms with Crippen molar-refractivity contribution in [3.8, 4) is 5.75 Å². The zero-order chi connectivity index (χ0) is 12.8. The Bertz CT molecular complexity index is 380. The second kappa shape index (κ2) is 6.40. The summed E-state index contributed by atoms with van der Waals surface area (Å²) in [6.45, 7) is 3.85. The molecule has 1 aromatic rings. The standard InChI is InChI=1S/C14H19NO3/c1-12-15(9-5-10-17-12)14(16)8-11-18-13-6-3-2-4-7-13/h2-4,6-7,12H,5,8-11H2,1H3. The Morgan fingerprint density at radius 3 is 2.94 bits per heavy atom. The fraction of sp³-hybridized carbons (Fsp3) is 0.500. The van der Waals surface area contributed by atoms with Crippen molar-refractivity contribution in [3.05, 3.63) is 30.3 Å². The number of hydrogen-bond donors (Lipinski definition) is 0. The van der Waals surface area contributed by atoms with Crippen molar-refractivity contribution in [2.75, 3.05) is 19.8 Å². The molecule has 0 aromatic heterocycles. The highest BCUT2D eigenvalue weighted by Crippen LogP contribution is 2.12. The van der Waals surface area contributed by atoms with Crippen LogP contribution in [-0.2, 0) is 9.53 Å². The molecule has 4 nitrogen and oxygen atoms in total. The average molecular weight is 249 g/mol. The molecule has 1 aliphatic rings. The smallest absolute Gasteiger partial charge is 0.228 e. The third-order valence-corrected chi connectivity index (χ3v) is 2.99. The summed E-state index contributed by atoms with van der Waals surface area (Å²) in [7, 11) is 0. The van der Waals surface area contributed by atoms with Gasteiger partial charge in [0.2, 0.25) is 5.91 Å². The molecule has 18 heavy (non-hydrogen) atoms. The van der Waals surface area contributed by atoms with Crippen molar-refractivity contribution in [1.29, 1.82) is 0 Å². The van der Waals surface area contributed by atoms with Crippen molar-refractivity contribution < 1.29 is 14.3 Å². The number of carbonyl (C=O) groups is 1. The maximum absolute atomic E-state index is 12.0. The molecule has 1 fully saturated rings. The number of ether oxygens (including phenoxy) is 2. The molecule has 1 aromatic carbocycles. The van der Waals surface area contributed by atoms with Gasteiger partial charge in [0.1, 0.15) is 12.0 Å². The van der Waals surface area contributed by atoms with Crippen molar-refractivity contribution in [2.24, 2.45) is 0 Å². The third kappa shape index (κ3) is 3.47. The molecule has 1 amide bonds. The van der Waals surface area contributed by atoms with Gasteiger partial charge in [-0.15, -0.1) is 0 Å². The highest BCUT2D eigenvalue weighted by Gasteiger charge is 2.23. The van der Waals surface area contributed by atoms with E-state index in [0.29, 0.717) is 13.0 Å². The minimum absolute atomic E-state index is 0.0955. The predicted molar refractivity (Wildman–Crippen MR) is 68.3 cm³/mol. The van der Waals surface area contributed by atoms with E-state index in [0.717, 1.165) is 25.3 Å². The SMILES string of the molecule is CC1OCCCN1C(=O)CCOc1ccccc1. The molecule has 0 N–H and O–H groups in total. The number of nitrogens with zero attached hydrogens (tertiary/aromatic N) is 1. The summed E-state index contributed by atoms with van der Waals surface area (Å²) in [6, 6.07) is 9.54. The summed E-state index contributed by atoms with van der Waals surface area (Å²) in [5.41, 5.74) is 0. The summed E-state index contributed by atoms with van der Waals surface area (Å²) >= 11 is 0. The Hall–Kier alpha value is -1.55. The molecule has 1 unspecified atom stereocenters. The maximum Gasteiger partial charge on any atom is 0.228 e. The van der Waals surface area contributed by atoms with E-state index in [-0.39, 0.29) is 12.1 Å². The van der Waals surface area contributed by atoms with Crippen molar-refractivity contribution >= 4 is 5.91 Å². The molecule has 0 spiro atoms. The fourth-order valence-electron chi connectivity index (χ4n) is 2.00. The zero-order valence-electron chi connectivity index (χ0n) is 10.7. The van der Waals surface area contributed by atoms with Crippen LogP contribution in [-0.4, -0.2) is 36.8 Å². The summed E-state index contributed by atoms with van der Waals surface area (Å²) in [5, 5.41) is 0. The first-order valence-electron chi connectivity index (χ1n) is 6.36. The molecular formula is C14H19NO3. The Labute approximate surface area is 107 Å². The van der Waals surface area contributed by atoms with Crippen LogP contribution in [0.15, 0.2) is 30.3 Å². The predicted octanol–water partition coefficient (Wildman–Crippen LogP) is 2.05. The van der Waals surface area contributed by atoms with Gasteiger partial charge in [0.15, 0.2) is 0 Å². The van der Waals surface area contributed by atoms with E-state index < -0.39 is 0 Å². The first-order valence-corrected chi connectivity index (χ1v) is 6.36. The van der Waals surface area contributed by atoms with Crippen LogP contribution in [0.3, 0.4) is 0 Å². The molecule has 1 heterocycles. The number of amides is 1. The number of carbonyl (C=O) groups excluding carboxylic acids is 1. The number of rotatable bonds is 4. The Morgan fingerprint density at radius 2 is 2.22 bits per heavy atom. The number of hydrogen-bond acceptors (Lipinski definition) is 3. The normalized spacial score (nSPS) is 19.6. The van der Waals surface area contributed by atoms with Crippen molar-refractivity contribution in [3.63, 3.8) is 0 Å². The lowest BCUT2D eigenvalue weighted by Crippen LogP contribution is -2.45. The lowest BCUT2D eigenvalue weighted by atomic mass is 10.3. The van der Waals surface area contributed by atoms with Crippen LogP contribution < -0.4 is 4.74 Å². The summed E-state index contributed by atoms with van der Waals surface area (Å²) in [5.74, 6) is 0.895. The lowest BCUT2D eigenvalue weighted by Gasteiger charge is -2.33. The molecule has 2 rings (SSSR count). The van der Waals surface area contributed by atoms with Crippen LogP contribution in [0.4, 0.5) is 0 Å². The van der Waals surface area contributed by atoms with E-state index in [9.17, 15) is 4.79 Å². The van der Waals surface area contributed by atoms with Gasteiger partial charge in [0.25, 0.3) is 0 Å². The van der Waals surface area contributed by atoms with E-state index in [1.54, 1.807) is 4.90 Å². The Kier molecular flexibility index (Phi) is 4.59. The van der Waals surface area contributed by atoms with Gasteiger partial charge in [0.05, 0.1) is 19.6 Å². The molecule has 0 saturated carbocycles. The van der Waals surface area contributed by atoms with Crippen LogP contribution in [0.1, 0.15) is 19.8 Å². The van der Waals surface area contributed by atoms with E-state index in [1.807, 2.05) is 37.3 Å². The quantitative estimate of drug-likeness (QED) is 0.819. The first-order chi connectivity index (χ1) is 8.77. The molecule has 0 radical (unpaired) electrons. The molecule has 98 valence electrons. The van der Waals surface area contributed by atoms with E-state index >= 15 is 0 Å². The summed E-state index contributed by atoms with van der Waals surface area (Å²) < 4.78 is 11.0. The van der Waals surface area contributed by atoms with Gasteiger partial charge in [-0.05, 0) is 25.5 Å². The van der Waals surface area contributed by atoms with Gasteiger partial charge in [-0.1, -0.05) is 18.2 Å². The Balaban J connectivity index is 1.74. The Morgan fingerprint density at radius 1 is 1.44 bits per heavy atom. The molecule has 0 bridgehead atoms. The van der Waals surface area contributed by atoms with Crippen LogP contribution in [0.25, 0.3) is 0 Å². The molecule has 4 heteroatoms. The van der Waals surface area contributed by atoms with Gasteiger partial charge < -0.3 is 14.4 Å². The minimum atomic E-state index is -0.108. The monoisotopic (exact) mass is 249 g/mol. The number of para-hydroxylation sites is 1. The molecule has 1 saturated heterocycles. The minimum Gasteiger partial charge on any atom is -0.493 e. The lowest BCUT2D eigenvalue weighted by molar-refractivity contribution is -0.152. The second-order valence-electron chi connectivity index (χ2n) is 4.32. The largest absolute Gasteiger partial charge is 0.493 e. The highest BCUT2D eigenvalue weighted by atomic mass is 16.5. The summed E-state index contributed by atoms with van der Waals surface area (Å²) in [4.78, 5) is 13.7. The maximum atomic E-state index is 12.0. The van der Waals surface area contributed by atoms with E-state index in [1.165, 1.54) is 0 Å². The van der Waals surface area contributed by atoms with Gasteiger partial charge in [-0.2, -0.15) is 0 Å². The molecular weight excluding hydrogens is 230 g/mol. The van der Waals surface area contributed by atoms with Gasteiger partial charge in [-0.3, -0.25) is 4.79 Å². The molecule has 0 aliphatic carbocycles. The second-order valence-corrected chi connectivity index (χ2v) is 4.32. The van der Waals surface area contributed by atoms with Crippen LogP contribution >= 0.6 is 0 Å². The average Bonchev–Trinajstić information content (AvgIpc) is 2.40. The van der Waals surface area contributed by atoms with Gasteiger partial charge >= 0.3 is 0 Å². The molecule has 1 aliphatic heterocycles. The fourth-order valence-corrected chi connectivity index (χ4v) is 2.00. The van der Waals surface area contributed by atoms with E-state index in [4.69, 9.17) is 9.47 Å². The van der Waals surface area contributed by atoms with Crippen molar-refractivity contribution in [2.45, 2.75) is 26.0 Å². The summed E-state index contributed by atoms with van der Waals surface area (Å²) in [6.07, 6.45) is 1.20.